The Morgan fingerprint density at radius 3 is 2.50 bits per heavy atom. The van der Waals surface area contributed by atoms with E-state index in [2.05, 4.69) is 22.2 Å². The van der Waals surface area contributed by atoms with Crippen LogP contribution in [-0.2, 0) is 6.54 Å². The maximum Gasteiger partial charge on any atom is 0.196 e. The van der Waals surface area contributed by atoms with Gasteiger partial charge in [0.2, 0.25) is 0 Å². The number of hydrogen-bond acceptors (Lipinski definition) is 4. The Morgan fingerprint density at radius 1 is 1.07 bits per heavy atom. The van der Waals surface area contributed by atoms with Crippen LogP contribution in [0.2, 0.25) is 0 Å². The summed E-state index contributed by atoms with van der Waals surface area (Å²) in [7, 11) is 3.23. The number of hydrogen-bond donors (Lipinski definition) is 2. The number of methoxy groups -OCH3 is 2. The van der Waals surface area contributed by atoms with Crippen molar-refractivity contribution in [2.75, 3.05) is 32.7 Å². The van der Waals surface area contributed by atoms with Gasteiger partial charge in [-0.15, -0.1) is 24.0 Å². The molecule has 0 aliphatic heterocycles. The van der Waals surface area contributed by atoms with E-state index in [1.54, 1.807) is 20.3 Å². The van der Waals surface area contributed by atoms with Gasteiger partial charge in [0, 0.05) is 23.9 Å². The second-order valence-corrected chi connectivity index (χ2v) is 5.60. The average molecular weight is 497 g/mol. The van der Waals surface area contributed by atoms with Crippen LogP contribution in [0.3, 0.4) is 0 Å². The van der Waals surface area contributed by atoms with Crippen molar-refractivity contribution in [1.82, 2.24) is 5.32 Å². The second kappa shape index (κ2) is 12.9. The molecule has 2 N–H and O–H groups in total. The Hall–Kier alpha value is -2.42. The Bertz CT molecular complexity index is 781. The largest absolute Gasteiger partial charge is 0.493 e. The van der Waals surface area contributed by atoms with Crippen molar-refractivity contribution in [3.63, 3.8) is 0 Å². The topological polar surface area (TPSA) is 64.1 Å². The number of ether oxygens (including phenoxy) is 3. The Balaban J connectivity index is 0.00000392. The van der Waals surface area contributed by atoms with Crippen LogP contribution in [0.1, 0.15) is 12.5 Å². The van der Waals surface area contributed by atoms with Gasteiger partial charge < -0.3 is 24.8 Å². The smallest absolute Gasteiger partial charge is 0.196 e. The van der Waals surface area contributed by atoms with E-state index in [0.29, 0.717) is 30.6 Å². The van der Waals surface area contributed by atoms with E-state index in [9.17, 15) is 0 Å². The molecule has 7 heteroatoms. The summed E-state index contributed by atoms with van der Waals surface area (Å²) in [6.07, 6.45) is 1.72. The van der Waals surface area contributed by atoms with Crippen molar-refractivity contribution in [2.24, 2.45) is 4.99 Å². The quantitative estimate of drug-likeness (QED) is 0.232. The van der Waals surface area contributed by atoms with Crippen LogP contribution in [0.25, 0.3) is 0 Å². The van der Waals surface area contributed by atoms with Gasteiger partial charge in [-0.3, -0.25) is 0 Å². The number of rotatable bonds is 9. The number of benzene rings is 2. The third-order valence-corrected chi connectivity index (χ3v) is 3.73. The maximum absolute atomic E-state index is 5.69. The van der Waals surface area contributed by atoms with Crippen LogP contribution in [0, 0.1) is 0 Å². The van der Waals surface area contributed by atoms with Crippen LogP contribution >= 0.6 is 24.0 Å². The lowest BCUT2D eigenvalue weighted by molar-refractivity contribution is 0.355. The molecule has 0 unspecified atom stereocenters. The van der Waals surface area contributed by atoms with E-state index >= 15 is 0 Å². The molecule has 2 aromatic carbocycles. The standard InChI is InChI=1S/C21H27N3O3.HI/c1-5-13-27-18-10-8-7-9-16(18)15-23-21(22-6-2)24-17-11-12-19(25-3)20(14-17)26-4;/h5,7-12,14H,1,6,13,15H2,2-4H3,(H2,22,23,24);1H. The third kappa shape index (κ3) is 6.95. The Kier molecular flexibility index (Phi) is 10.9. The van der Waals surface area contributed by atoms with E-state index in [-0.39, 0.29) is 24.0 Å². The van der Waals surface area contributed by atoms with Crippen molar-refractivity contribution in [3.05, 3.63) is 60.7 Å². The van der Waals surface area contributed by atoms with Crippen LogP contribution in [0.5, 0.6) is 17.2 Å². The maximum atomic E-state index is 5.69. The Labute approximate surface area is 184 Å². The average Bonchev–Trinajstić information content (AvgIpc) is 2.71. The molecule has 2 rings (SSSR count). The zero-order valence-corrected chi connectivity index (χ0v) is 18.9. The van der Waals surface area contributed by atoms with E-state index in [1.165, 1.54) is 0 Å². The van der Waals surface area contributed by atoms with Gasteiger partial charge in [-0.2, -0.15) is 0 Å². The number of aliphatic imine (C=N–C) groups is 1. The summed E-state index contributed by atoms with van der Waals surface area (Å²) in [5, 5.41) is 6.53. The van der Waals surface area contributed by atoms with Crippen molar-refractivity contribution in [1.29, 1.82) is 0 Å². The van der Waals surface area contributed by atoms with Gasteiger partial charge in [0.05, 0.1) is 20.8 Å². The second-order valence-electron chi connectivity index (χ2n) is 5.60. The lowest BCUT2D eigenvalue weighted by atomic mass is 10.2. The molecule has 0 atom stereocenters. The van der Waals surface area contributed by atoms with E-state index in [0.717, 1.165) is 23.5 Å². The molecule has 0 radical (unpaired) electrons. The highest BCUT2D eigenvalue weighted by atomic mass is 127. The van der Waals surface area contributed by atoms with Gasteiger partial charge in [-0.1, -0.05) is 30.9 Å². The van der Waals surface area contributed by atoms with Gasteiger partial charge in [0.1, 0.15) is 12.4 Å². The van der Waals surface area contributed by atoms with Crippen molar-refractivity contribution in [3.8, 4) is 17.2 Å². The predicted octanol–water partition coefficient (Wildman–Crippen LogP) is 4.46. The van der Waals surface area contributed by atoms with Crippen molar-refractivity contribution in [2.45, 2.75) is 13.5 Å². The van der Waals surface area contributed by atoms with E-state index in [1.807, 2.05) is 49.4 Å². The first kappa shape index (κ1) is 23.6. The summed E-state index contributed by atoms with van der Waals surface area (Å²) >= 11 is 0. The molecular weight excluding hydrogens is 469 g/mol. The molecule has 0 saturated carbocycles. The molecule has 0 aliphatic carbocycles. The van der Waals surface area contributed by atoms with Gasteiger partial charge >= 0.3 is 0 Å². The minimum Gasteiger partial charge on any atom is -0.493 e. The minimum atomic E-state index is 0. The molecule has 0 spiro atoms. The molecule has 2 aromatic rings. The molecule has 0 aromatic heterocycles. The highest BCUT2D eigenvalue weighted by molar-refractivity contribution is 14.0. The number of halogens is 1. The summed E-state index contributed by atoms with van der Waals surface area (Å²) in [5.41, 5.74) is 1.85. The van der Waals surface area contributed by atoms with Gasteiger partial charge in [-0.25, -0.2) is 4.99 Å². The van der Waals surface area contributed by atoms with E-state index < -0.39 is 0 Å². The lowest BCUT2D eigenvalue weighted by Crippen LogP contribution is -2.30. The minimum absolute atomic E-state index is 0. The van der Waals surface area contributed by atoms with Crippen LogP contribution < -0.4 is 24.8 Å². The molecular formula is C21H28IN3O3. The highest BCUT2D eigenvalue weighted by Crippen LogP contribution is 2.29. The summed E-state index contributed by atoms with van der Waals surface area (Å²) < 4.78 is 16.3. The van der Waals surface area contributed by atoms with E-state index in [4.69, 9.17) is 14.2 Å². The summed E-state index contributed by atoms with van der Waals surface area (Å²) in [6, 6.07) is 13.5. The fraction of sp³-hybridized carbons (Fsp3) is 0.286. The molecule has 0 aliphatic rings. The fourth-order valence-corrected chi connectivity index (χ4v) is 2.45. The van der Waals surface area contributed by atoms with Gasteiger partial charge in [0.25, 0.3) is 0 Å². The van der Waals surface area contributed by atoms with Gasteiger partial charge in [-0.05, 0) is 25.1 Å². The molecule has 0 amide bonds. The van der Waals surface area contributed by atoms with Crippen molar-refractivity contribution >= 4 is 35.6 Å². The number of nitrogens with zero attached hydrogens (tertiary/aromatic N) is 1. The number of guanidine groups is 1. The first-order valence-corrected chi connectivity index (χ1v) is 8.80. The summed E-state index contributed by atoms with van der Waals surface area (Å²) in [5.74, 6) is 2.81. The van der Waals surface area contributed by atoms with Crippen LogP contribution in [-0.4, -0.2) is 33.3 Å². The third-order valence-electron chi connectivity index (χ3n) is 3.73. The zero-order chi connectivity index (χ0) is 19.5. The summed E-state index contributed by atoms with van der Waals surface area (Å²) in [6.45, 7) is 7.40. The highest BCUT2D eigenvalue weighted by Gasteiger charge is 2.07. The number of nitrogens with one attached hydrogen (secondary N) is 2. The molecule has 0 bridgehead atoms. The Morgan fingerprint density at radius 2 is 1.82 bits per heavy atom. The first-order valence-electron chi connectivity index (χ1n) is 8.80. The normalized spacial score (nSPS) is 10.5. The first-order chi connectivity index (χ1) is 13.2. The monoisotopic (exact) mass is 497 g/mol. The van der Waals surface area contributed by atoms with Gasteiger partial charge in [0.15, 0.2) is 17.5 Å². The lowest BCUT2D eigenvalue weighted by Gasteiger charge is -2.14. The SMILES string of the molecule is C=CCOc1ccccc1CN=C(NCC)Nc1ccc(OC)c(OC)c1.I. The molecule has 28 heavy (non-hydrogen) atoms. The summed E-state index contributed by atoms with van der Waals surface area (Å²) in [4.78, 5) is 4.66. The molecule has 6 nitrogen and oxygen atoms in total. The zero-order valence-electron chi connectivity index (χ0n) is 16.5. The molecule has 0 saturated heterocycles. The van der Waals surface area contributed by atoms with Crippen molar-refractivity contribution < 1.29 is 14.2 Å². The predicted molar refractivity (Wildman–Crippen MR) is 126 cm³/mol. The molecule has 0 fully saturated rings. The van der Waals surface area contributed by atoms with Crippen LogP contribution in [0.15, 0.2) is 60.1 Å². The number of para-hydroxylation sites is 1. The molecule has 152 valence electrons. The number of anilines is 1. The fourth-order valence-electron chi connectivity index (χ4n) is 2.45. The van der Waals surface area contributed by atoms with Crippen LogP contribution in [0.4, 0.5) is 5.69 Å². The molecule has 0 heterocycles.